The van der Waals surface area contributed by atoms with Crippen molar-refractivity contribution in [2.24, 2.45) is 0 Å². The van der Waals surface area contributed by atoms with Gasteiger partial charge in [0.1, 0.15) is 0 Å². The van der Waals surface area contributed by atoms with Crippen LogP contribution >= 0.6 is 0 Å². The molecular formula is C4H9NSe. The van der Waals surface area contributed by atoms with Gasteiger partial charge in [-0.25, -0.2) is 0 Å². The summed E-state index contributed by atoms with van der Waals surface area (Å²) < 4.78 is 0. The van der Waals surface area contributed by atoms with Gasteiger partial charge in [0.15, 0.2) is 0 Å². The minimum atomic E-state index is 0.991. The van der Waals surface area contributed by atoms with Crippen LogP contribution in [0.2, 0.25) is 10.6 Å². The van der Waals surface area contributed by atoms with Gasteiger partial charge in [-0.1, -0.05) is 0 Å². The maximum atomic E-state index is 3.30. The van der Waals surface area contributed by atoms with E-state index >= 15 is 0 Å². The molecule has 1 rings (SSSR count). The molecule has 1 nitrogen and oxygen atoms in total. The Bertz CT molecular complexity index is 23.0. The van der Waals surface area contributed by atoms with Crippen LogP contribution in [0.25, 0.3) is 0 Å². The molecule has 1 aliphatic heterocycles. The van der Waals surface area contributed by atoms with Crippen LogP contribution < -0.4 is 5.32 Å². The molecule has 1 aliphatic rings. The molecule has 1 fully saturated rings. The van der Waals surface area contributed by atoms with E-state index in [0.29, 0.717) is 0 Å². The molecule has 1 N–H and O–H groups in total. The Morgan fingerprint density at radius 1 is 1.17 bits per heavy atom. The molecule has 0 atom stereocenters. The Labute approximate surface area is 44.7 Å². The van der Waals surface area contributed by atoms with E-state index in [1.165, 1.54) is 23.7 Å². The van der Waals surface area contributed by atoms with E-state index in [0.717, 1.165) is 15.0 Å². The molecular weight excluding hydrogens is 141 g/mol. The van der Waals surface area contributed by atoms with Gasteiger partial charge in [0.2, 0.25) is 0 Å². The van der Waals surface area contributed by atoms with Crippen molar-refractivity contribution in [3.05, 3.63) is 0 Å². The van der Waals surface area contributed by atoms with Gasteiger partial charge in [0, 0.05) is 0 Å². The number of hydrogen-bond donors (Lipinski definition) is 1. The molecule has 0 aromatic rings. The van der Waals surface area contributed by atoms with E-state index in [9.17, 15) is 0 Å². The van der Waals surface area contributed by atoms with Crippen LogP contribution in [0.5, 0.6) is 0 Å². The Morgan fingerprint density at radius 2 is 1.83 bits per heavy atom. The third-order valence-corrected chi connectivity index (χ3v) is 2.91. The minimum absolute atomic E-state index is 0.991. The van der Waals surface area contributed by atoms with Gasteiger partial charge in [-0.2, -0.15) is 0 Å². The zero-order chi connectivity index (χ0) is 4.24. The number of hydrogen-bond acceptors (Lipinski definition) is 1. The van der Waals surface area contributed by atoms with Crippen molar-refractivity contribution in [3.63, 3.8) is 0 Å². The van der Waals surface area contributed by atoms with Gasteiger partial charge >= 0.3 is 44.0 Å². The van der Waals surface area contributed by atoms with Crippen LogP contribution in [0.15, 0.2) is 0 Å². The molecule has 0 aromatic carbocycles. The molecule has 1 heterocycles. The second-order valence-electron chi connectivity index (χ2n) is 1.36. The summed E-state index contributed by atoms with van der Waals surface area (Å²) in [6.45, 7) is 2.56. The molecule has 0 unspecified atom stereocenters. The third-order valence-electron chi connectivity index (χ3n) is 0.846. The Hall–Kier alpha value is 0.479. The van der Waals surface area contributed by atoms with Crippen molar-refractivity contribution in [3.8, 4) is 0 Å². The van der Waals surface area contributed by atoms with Crippen LogP contribution in [0.3, 0.4) is 0 Å². The predicted octanol–water partition coefficient (Wildman–Crippen LogP) is 0.130. The van der Waals surface area contributed by atoms with Crippen molar-refractivity contribution in [1.82, 2.24) is 5.32 Å². The fraction of sp³-hybridized carbons (Fsp3) is 1.00. The second kappa shape index (κ2) is 2.62. The van der Waals surface area contributed by atoms with Gasteiger partial charge < -0.3 is 0 Å². The number of nitrogens with one attached hydrogen (secondary N) is 1. The third kappa shape index (κ3) is 1.29. The summed E-state index contributed by atoms with van der Waals surface area (Å²) in [5, 5.41) is 6.20. The summed E-state index contributed by atoms with van der Waals surface area (Å²) in [6.07, 6.45) is 0. The van der Waals surface area contributed by atoms with Gasteiger partial charge in [-0.3, -0.25) is 0 Å². The van der Waals surface area contributed by atoms with Crippen LogP contribution in [0.4, 0.5) is 0 Å². The Morgan fingerprint density at radius 3 is 2.00 bits per heavy atom. The fourth-order valence-electron chi connectivity index (χ4n) is 0.516. The first kappa shape index (κ1) is 4.63. The predicted molar refractivity (Wildman–Crippen MR) is 28.2 cm³/mol. The molecule has 0 spiro atoms. The normalized spacial score (nSPS) is 24.0. The summed E-state index contributed by atoms with van der Waals surface area (Å²) in [6, 6.07) is 0. The molecule has 0 bridgehead atoms. The quantitative estimate of drug-likeness (QED) is 0.484. The van der Waals surface area contributed by atoms with Crippen molar-refractivity contribution in [1.29, 1.82) is 0 Å². The van der Waals surface area contributed by atoms with Gasteiger partial charge in [-0.15, -0.1) is 0 Å². The van der Waals surface area contributed by atoms with Gasteiger partial charge in [0.25, 0.3) is 0 Å². The number of rotatable bonds is 0. The summed E-state index contributed by atoms with van der Waals surface area (Å²) >= 11 is 0.991. The average Bonchev–Trinajstić information content (AvgIpc) is 1.72. The summed E-state index contributed by atoms with van der Waals surface area (Å²) in [5.41, 5.74) is 0. The van der Waals surface area contributed by atoms with Gasteiger partial charge in [-0.05, 0) is 0 Å². The first-order chi connectivity index (χ1) is 3.00. The van der Waals surface area contributed by atoms with Gasteiger partial charge in [0.05, 0.1) is 0 Å². The van der Waals surface area contributed by atoms with Crippen LogP contribution in [0, 0.1) is 0 Å². The summed E-state index contributed by atoms with van der Waals surface area (Å²) in [7, 11) is 0. The molecule has 0 radical (unpaired) electrons. The van der Waals surface area contributed by atoms with Crippen molar-refractivity contribution in [2.45, 2.75) is 10.6 Å². The fourth-order valence-corrected chi connectivity index (χ4v) is 2.16. The van der Waals surface area contributed by atoms with E-state index in [1.54, 1.807) is 0 Å². The molecule has 0 amide bonds. The molecule has 6 heavy (non-hydrogen) atoms. The zero-order valence-electron chi connectivity index (χ0n) is 3.74. The van der Waals surface area contributed by atoms with E-state index in [1.807, 2.05) is 0 Å². The summed E-state index contributed by atoms with van der Waals surface area (Å²) in [4.78, 5) is 0. The zero-order valence-corrected chi connectivity index (χ0v) is 5.45. The molecule has 0 aliphatic carbocycles. The molecule has 36 valence electrons. The SMILES string of the molecule is C1C[Se]CCN1. The Balaban J connectivity index is 2.00. The van der Waals surface area contributed by atoms with Crippen molar-refractivity contribution < 1.29 is 0 Å². The average molecular weight is 150 g/mol. The van der Waals surface area contributed by atoms with E-state index in [2.05, 4.69) is 5.32 Å². The second-order valence-corrected chi connectivity index (χ2v) is 3.93. The molecule has 0 saturated carbocycles. The standard InChI is InChI=1S/C4H9NSe/c1-3-6-4-2-5-1/h5H,1-4H2. The van der Waals surface area contributed by atoms with E-state index in [4.69, 9.17) is 0 Å². The van der Waals surface area contributed by atoms with Crippen LogP contribution in [0.1, 0.15) is 0 Å². The maximum absolute atomic E-state index is 3.30. The molecule has 0 aromatic heterocycles. The first-order valence-electron chi connectivity index (χ1n) is 2.28. The first-order valence-corrected chi connectivity index (χ1v) is 4.71. The molecule has 1 saturated heterocycles. The van der Waals surface area contributed by atoms with Crippen molar-refractivity contribution in [2.75, 3.05) is 13.1 Å². The van der Waals surface area contributed by atoms with Crippen molar-refractivity contribution >= 4 is 15.0 Å². The van der Waals surface area contributed by atoms with E-state index in [-0.39, 0.29) is 0 Å². The van der Waals surface area contributed by atoms with Crippen LogP contribution in [-0.4, -0.2) is 28.0 Å². The topological polar surface area (TPSA) is 12.0 Å². The monoisotopic (exact) mass is 151 g/mol. The summed E-state index contributed by atoms with van der Waals surface area (Å²) in [5.74, 6) is 0. The Kier molecular flexibility index (Phi) is 2.02. The molecule has 2 heteroatoms. The van der Waals surface area contributed by atoms with Crippen LogP contribution in [-0.2, 0) is 0 Å². The van der Waals surface area contributed by atoms with E-state index < -0.39 is 0 Å².